The summed E-state index contributed by atoms with van der Waals surface area (Å²) in [5.41, 5.74) is 34.0. The van der Waals surface area contributed by atoms with Crippen LogP contribution < -0.4 is 0 Å². The number of allylic oxidation sites excluding steroid dienone is 10. The zero-order valence-electron chi connectivity index (χ0n) is 87.0. The van der Waals surface area contributed by atoms with Crippen molar-refractivity contribution in [2.24, 2.45) is 10.8 Å². The van der Waals surface area contributed by atoms with E-state index in [9.17, 15) is 9.90 Å². The summed E-state index contributed by atoms with van der Waals surface area (Å²) in [6, 6.07) is 63.1. The number of ketones is 3. The summed E-state index contributed by atoms with van der Waals surface area (Å²) in [6.07, 6.45) is 56.3. The largest absolute Gasteiger partial charge is 0.513 e. The van der Waals surface area contributed by atoms with Crippen molar-refractivity contribution in [2.75, 3.05) is 0 Å². The van der Waals surface area contributed by atoms with Gasteiger partial charge in [0.2, 0.25) is 0 Å². The number of carbonyl (C=O) groups excluding carboxylic acids is 3. The second-order valence-electron chi connectivity index (χ2n) is 41.3. The number of benzene rings is 8. The third-order valence-corrected chi connectivity index (χ3v) is 26.9. The molecule has 142 heavy (non-hydrogen) atoms. The second kappa shape index (κ2) is 56.2. The van der Waals surface area contributed by atoms with Crippen LogP contribution in [0.4, 0.5) is 0 Å². The van der Waals surface area contributed by atoms with Crippen LogP contribution in [0.3, 0.4) is 0 Å². The fourth-order valence-corrected chi connectivity index (χ4v) is 19.6. The minimum atomic E-state index is -0.306. The van der Waals surface area contributed by atoms with Gasteiger partial charge in [-0.2, -0.15) is 0 Å². The Hall–Kier alpha value is -9.65. The Labute approximate surface area is 902 Å². The Morgan fingerprint density at radius 3 is 1.63 bits per heavy atom. The van der Waals surface area contributed by atoms with Crippen molar-refractivity contribution in [3.05, 3.63) is 353 Å². The van der Waals surface area contributed by atoms with Gasteiger partial charge in [0.15, 0.2) is 6.10 Å². The van der Waals surface area contributed by atoms with E-state index in [0.29, 0.717) is 5.71 Å². The molecular weight excluding hydrogens is 2470 g/mol. The molecule has 3 aromatic heterocycles. The van der Waals surface area contributed by atoms with Gasteiger partial charge in [-0.1, -0.05) is 210 Å². The summed E-state index contributed by atoms with van der Waals surface area (Å²) >= 11 is 0. The van der Waals surface area contributed by atoms with E-state index < -0.39 is 0 Å². The van der Waals surface area contributed by atoms with Gasteiger partial charge in [-0.05, 0) is 298 Å². The first-order chi connectivity index (χ1) is 65.9. The summed E-state index contributed by atoms with van der Waals surface area (Å²) in [5.74, 6) is 1.14. The molecule has 10 N–H and O–H groups in total. The van der Waals surface area contributed by atoms with Gasteiger partial charge in [-0.15, -0.1) is 140 Å². The van der Waals surface area contributed by atoms with Crippen molar-refractivity contribution in [2.45, 2.75) is 309 Å². The van der Waals surface area contributed by atoms with Gasteiger partial charge in [0.25, 0.3) is 0 Å². The molecule has 7 aliphatic carbocycles. The Morgan fingerprint density at radius 1 is 0.500 bits per heavy atom. The van der Waals surface area contributed by atoms with Crippen molar-refractivity contribution in [1.82, 2.24) is 15.0 Å². The average Bonchev–Trinajstić information content (AvgIpc) is 0.712. The quantitative estimate of drug-likeness (QED) is 0.0246. The third kappa shape index (κ3) is 32.7. The van der Waals surface area contributed by atoms with Crippen molar-refractivity contribution >= 4 is 62.8 Å². The molecule has 18 rings (SSSR count). The van der Waals surface area contributed by atoms with E-state index in [0.717, 1.165) is 77.9 Å². The first-order valence-corrected chi connectivity index (χ1v) is 50.5. The van der Waals surface area contributed by atoms with E-state index in [4.69, 9.17) is 50.4 Å². The van der Waals surface area contributed by atoms with Crippen LogP contribution in [-0.2, 0) is 162 Å². The van der Waals surface area contributed by atoms with E-state index in [1.54, 1.807) is 19.4 Å². The first-order valence-electron chi connectivity index (χ1n) is 50.5. The predicted molar refractivity (Wildman–Crippen MR) is 581 cm³/mol. The van der Waals surface area contributed by atoms with Gasteiger partial charge in [0.1, 0.15) is 5.76 Å². The van der Waals surface area contributed by atoms with E-state index in [1.807, 2.05) is 53.9 Å². The molecule has 7 aliphatic rings. The van der Waals surface area contributed by atoms with Crippen LogP contribution in [-0.4, -0.2) is 84.0 Å². The molecule has 0 saturated carbocycles. The van der Waals surface area contributed by atoms with Crippen LogP contribution in [0.25, 0.3) is 73.5 Å². The fourth-order valence-electron chi connectivity index (χ4n) is 19.6. The summed E-state index contributed by atoms with van der Waals surface area (Å²) < 4.78 is 0. The van der Waals surface area contributed by atoms with Gasteiger partial charge in [0, 0.05) is 117 Å². The van der Waals surface area contributed by atoms with Crippen molar-refractivity contribution < 1.29 is 120 Å². The number of aliphatic hydroxyl groups excluding tert-OH is 4. The zero-order valence-corrected chi connectivity index (χ0v) is 96.6. The van der Waals surface area contributed by atoms with Crippen LogP contribution in [0, 0.1) is 40.5 Å². The molecule has 760 valence electrons. The molecule has 1 atom stereocenters. The SMILES string of the molecule is C/C=C\c1cc2c(cc1C(=N)c1[c-]cc3c(c1)CCCC3)CCCC2.CC(=[OH+])C=C(C)O.CC(=[OH+])C=C(C)O.CC(C)(C)C(=[OH+])C=C(O)C(C)(C)C.CC(O)=CC(C)[OH2+].CC1(C)c2c[c-]c(-c3nccc4c3/C=C/CCCCC=C4)cc2C(C)(C)c2ccccc21.CCCCc1cc[c-]c(-c2ncc3c4c(cccc24)CCC3)c1.[Ir].[Ir].[Ir].[Ir].[c-]1ccc2c(c1-c1nccc3cc4c(cc13)CCCC4)CCCC2. The normalized spacial score (nSPS) is 15.5. The number of aryl methyl sites for hydroxylation is 10. The molecule has 8 aromatic carbocycles. The number of nitrogens with one attached hydrogen (secondary N) is 1. The van der Waals surface area contributed by atoms with Gasteiger partial charge < -0.3 is 45.9 Å². The Balaban J connectivity index is 0.000000231. The molecule has 0 spiro atoms. The number of pyridine rings is 3. The Kier molecular flexibility index (Phi) is 47.2. The smallest absolute Gasteiger partial charge is 0.325 e. The summed E-state index contributed by atoms with van der Waals surface area (Å²) in [7, 11) is 0. The number of aliphatic hydroxyl groups is 4. The van der Waals surface area contributed by atoms with Crippen LogP contribution in [0.1, 0.15) is 332 Å². The average molecular weight is 2620 g/mol. The fraction of sp³-hybridized carbons (Fsp3) is 0.389. The molecule has 0 bridgehead atoms. The van der Waals surface area contributed by atoms with Gasteiger partial charge >= 0.3 is 17.3 Å². The minimum Gasteiger partial charge on any atom is -0.513 e. The number of aromatic nitrogens is 3. The van der Waals surface area contributed by atoms with Gasteiger partial charge in [-0.3, -0.25) is 14.4 Å². The minimum absolute atomic E-state index is 0. The van der Waals surface area contributed by atoms with Crippen molar-refractivity contribution in [1.29, 1.82) is 5.41 Å². The third-order valence-electron chi connectivity index (χ3n) is 26.9. The maximum Gasteiger partial charge on any atom is 0.325 e. The molecule has 1 unspecified atom stereocenters. The summed E-state index contributed by atoms with van der Waals surface area (Å²) in [6.45, 7) is 34.3. The van der Waals surface area contributed by atoms with E-state index in [1.165, 1.54) is 302 Å². The molecule has 16 heteroatoms. The molecule has 0 saturated heterocycles. The predicted octanol–water partition coefficient (Wildman–Crippen LogP) is 30.4. The molecule has 0 fully saturated rings. The van der Waals surface area contributed by atoms with Crippen molar-refractivity contribution in [3.63, 3.8) is 0 Å². The maximum atomic E-state index is 9.60. The first kappa shape index (κ1) is 119. The topological polar surface area (TPSA) is 231 Å². The molecule has 3 heterocycles. The molecule has 0 amide bonds. The van der Waals surface area contributed by atoms with Crippen LogP contribution in [0.5, 0.6) is 0 Å². The molecular formula is C126H152Ir4N4O8. The maximum absolute atomic E-state index is 9.60. The van der Waals surface area contributed by atoms with Crippen LogP contribution in [0.2, 0.25) is 0 Å². The standard InChI is InChI=1S/C31H32N.C24H26N.C23H22N.C22H22N.C11H20O2.C5H10O2.2C5H8O2.4Ir/c1-30(2)25-15-11-12-16-26(25)31(3,4)28-21-23(17-18-27(28)30)29-24-14-10-8-6-5-7-9-13-22(24)19-20-32-29;1-2-7-21-14-19-10-5-6-11-20(19)16-23(21)24(25)22-13-12-17-8-3-4-9-18(17)15-22;1-2-8-18-15-22-19(14-17(18)7-1)12-13-24-23(22)21-11-5-9-16-6-3-4-10-20(16)21;1-2-3-7-16-8-4-11-18(14-16)22-20-13-6-10-17-9-5-12-19(15-23-22)21(17)20;1-10(2,3)8(12)7-9(13)11(4,5)6;3*1-4(6)3-5(2)7;;;;/h9-16,18-21H,5-8H2,1-4H3;2,7,12,14-16,25H,3-6,8-11H2,1H3;5,9,12-15H,1-4,6-8,10H2;4,6,8,10,13-15H,2-3,5,7,9,12H2,1H3;7,12H,1-6H3;3-4,6-7H,1-2H3;2*3,6H,1-2H3;;;;/q4*-1;;;;;;;;/p+4/b13-9?,14-10+;7-2-,25-24?;;;;;;;;;;. The van der Waals surface area contributed by atoms with Gasteiger partial charge in [0.05, 0.1) is 54.8 Å². The van der Waals surface area contributed by atoms with E-state index >= 15 is 0 Å². The second-order valence-corrected chi connectivity index (χ2v) is 41.3. The number of hydrogen-bond donors (Lipinski definition) is 5. The zero-order chi connectivity index (χ0) is 99.6. The van der Waals surface area contributed by atoms with Crippen molar-refractivity contribution in [3.8, 4) is 33.8 Å². The van der Waals surface area contributed by atoms with E-state index in [2.05, 4.69) is 242 Å². The number of hydrogen-bond acceptors (Lipinski definition) is 8. The monoisotopic (exact) mass is 2620 g/mol. The Morgan fingerprint density at radius 2 is 1.05 bits per heavy atom. The molecule has 12 nitrogen and oxygen atoms in total. The van der Waals surface area contributed by atoms with Crippen LogP contribution >= 0.6 is 0 Å². The number of rotatable bonds is 13. The number of fused-ring (bicyclic) bond motifs is 8. The number of nitrogens with zero attached hydrogens (tertiary/aromatic N) is 3. The van der Waals surface area contributed by atoms with Crippen LogP contribution in [0.15, 0.2) is 218 Å². The van der Waals surface area contributed by atoms with E-state index in [-0.39, 0.29) is 149 Å². The summed E-state index contributed by atoms with van der Waals surface area (Å²) in [4.78, 5) is 40.9. The molecule has 11 aromatic rings. The molecule has 4 radical (unpaired) electrons. The Bertz CT molecular complexity index is 6350. The van der Waals surface area contributed by atoms with Gasteiger partial charge in [-0.25, -0.2) is 0 Å². The number of unbranched alkanes of at least 4 members (excludes halogenated alkanes) is 1. The summed E-state index contributed by atoms with van der Waals surface area (Å²) in [5, 5.41) is 56.0. The molecule has 0 aliphatic heterocycles.